The number of carbonyl (C=O) groups excluding carboxylic acids is 1. The van der Waals surface area contributed by atoms with Crippen LogP contribution in [0.25, 0.3) is 0 Å². The molecule has 0 spiro atoms. The summed E-state index contributed by atoms with van der Waals surface area (Å²) in [6, 6.07) is 5.96. The Labute approximate surface area is 113 Å². The van der Waals surface area contributed by atoms with Crippen molar-refractivity contribution in [3.63, 3.8) is 0 Å². The first-order chi connectivity index (χ1) is 9.29. The van der Waals surface area contributed by atoms with Crippen molar-refractivity contribution in [3.8, 4) is 5.75 Å². The third-order valence-corrected chi connectivity index (χ3v) is 3.05. The Morgan fingerprint density at radius 3 is 3.05 bits per heavy atom. The van der Waals surface area contributed by atoms with Crippen LogP contribution in [0.1, 0.15) is 12.0 Å². The SMILES string of the molecule is CNCCCNCCc1ccc2c(c1)NC(=O)CO2. The van der Waals surface area contributed by atoms with E-state index in [1.165, 1.54) is 5.56 Å². The molecule has 104 valence electrons. The van der Waals surface area contributed by atoms with Gasteiger partial charge in [-0.05, 0) is 57.2 Å². The fraction of sp³-hybridized carbons (Fsp3) is 0.500. The summed E-state index contributed by atoms with van der Waals surface area (Å²) in [7, 11) is 1.96. The maximum atomic E-state index is 11.2. The van der Waals surface area contributed by atoms with Gasteiger partial charge in [-0.25, -0.2) is 0 Å². The molecule has 1 aromatic rings. The second-order valence-electron chi connectivity index (χ2n) is 4.62. The van der Waals surface area contributed by atoms with E-state index in [2.05, 4.69) is 16.0 Å². The van der Waals surface area contributed by atoms with E-state index in [-0.39, 0.29) is 12.5 Å². The smallest absolute Gasteiger partial charge is 0.262 e. The molecule has 2 rings (SSSR count). The van der Waals surface area contributed by atoms with Crippen molar-refractivity contribution in [2.45, 2.75) is 12.8 Å². The lowest BCUT2D eigenvalue weighted by Crippen LogP contribution is -2.25. The maximum Gasteiger partial charge on any atom is 0.262 e. The molecule has 5 heteroatoms. The molecule has 5 nitrogen and oxygen atoms in total. The molecule has 1 amide bonds. The van der Waals surface area contributed by atoms with Crippen molar-refractivity contribution in [3.05, 3.63) is 23.8 Å². The zero-order valence-electron chi connectivity index (χ0n) is 11.3. The molecule has 0 unspecified atom stereocenters. The molecule has 1 aliphatic heterocycles. The predicted octanol–water partition coefficient (Wildman–Crippen LogP) is 0.759. The van der Waals surface area contributed by atoms with Gasteiger partial charge in [-0.3, -0.25) is 4.79 Å². The maximum absolute atomic E-state index is 11.2. The Hall–Kier alpha value is -1.59. The van der Waals surface area contributed by atoms with E-state index in [0.717, 1.165) is 43.9 Å². The van der Waals surface area contributed by atoms with E-state index < -0.39 is 0 Å². The minimum atomic E-state index is -0.0881. The molecule has 3 N–H and O–H groups in total. The third kappa shape index (κ3) is 4.22. The van der Waals surface area contributed by atoms with E-state index in [1.807, 2.05) is 25.2 Å². The largest absolute Gasteiger partial charge is 0.482 e. The van der Waals surface area contributed by atoms with E-state index in [0.29, 0.717) is 0 Å². The molecule has 0 atom stereocenters. The van der Waals surface area contributed by atoms with E-state index in [1.54, 1.807) is 0 Å². The number of hydrogen-bond acceptors (Lipinski definition) is 4. The molecule has 19 heavy (non-hydrogen) atoms. The summed E-state index contributed by atoms with van der Waals surface area (Å²) in [6.45, 7) is 3.11. The van der Waals surface area contributed by atoms with Gasteiger partial charge in [0, 0.05) is 0 Å². The number of rotatable bonds is 7. The molecule has 0 aliphatic carbocycles. The highest BCUT2D eigenvalue weighted by Gasteiger charge is 2.15. The van der Waals surface area contributed by atoms with Crippen LogP contribution in [0.2, 0.25) is 0 Å². The fourth-order valence-electron chi connectivity index (χ4n) is 2.03. The molecule has 0 aromatic heterocycles. The highest BCUT2D eigenvalue weighted by molar-refractivity contribution is 5.95. The number of benzene rings is 1. The van der Waals surface area contributed by atoms with Crippen LogP contribution in [0.15, 0.2) is 18.2 Å². The Bertz CT molecular complexity index is 435. The minimum Gasteiger partial charge on any atom is -0.482 e. The van der Waals surface area contributed by atoms with Crippen LogP contribution >= 0.6 is 0 Å². The Morgan fingerprint density at radius 1 is 1.32 bits per heavy atom. The highest BCUT2D eigenvalue weighted by atomic mass is 16.5. The number of anilines is 1. The third-order valence-electron chi connectivity index (χ3n) is 3.05. The first-order valence-electron chi connectivity index (χ1n) is 6.70. The van der Waals surface area contributed by atoms with Crippen LogP contribution in [0.3, 0.4) is 0 Å². The Kier molecular flexibility index (Phi) is 5.18. The lowest BCUT2D eigenvalue weighted by Gasteiger charge is -2.18. The van der Waals surface area contributed by atoms with Gasteiger partial charge in [-0.2, -0.15) is 0 Å². The molecule has 0 saturated heterocycles. The summed E-state index contributed by atoms with van der Waals surface area (Å²) < 4.78 is 5.33. The number of ether oxygens (including phenoxy) is 1. The van der Waals surface area contributed by atoms with Gasteiger partial charge in [-0.1, -0.05) is 6.07 Å². The minimum absolute atomic E-state index is 0.0881. The summed E-state index contributed by atoms with van der Waals surface area (Å²) >= 11 is 0. The zero-order chi connectivity index (χ0) is 13.5. The van der Waals surface area contributed by atoms with Crippen molar-refractivity contribution in [1.29, 1.82) is 0 Å². The standard InChI is InChI=1S/C14H21N3O2/c1-15-6-2-7-16-8-5-11-3-4-13-12(9-11)17-14(18)10-19-13/h3-4,9,15-16H,2,5-8,10H2,1H3,(H,17,18). The van der Waals surface area contributed by atoms with Gasteiger partial charge < -0.3 is 20.7 Å². The van der Waals surface area contributed by atoms with Crippen LogP contribution in [0.4, 0.5) is 5.69 Å². The molecule has 0 bridgehead atoms. The van der Waals surface area contributed by atoms with Gasteiger partial charge in [0.25, 0.3) is 5.91 Å². The van der Waals surface area contributed by atoms with E-state index in [4.69, 9.17) is 4.74 Å². The molecule has 1 heterocycles. The Balaban J connectivity index is 1.78. The number of fused-ring (bicyclic) bond motifs is 1. The summed E-state index contributed by atoms with van der Waals surface area (Å²) in [4.78, 5) is 11.2. The molecule has 0 fully saturated rings. The van der Waals surface area contributed by atoms with Gasteiger partial charge in [0.1, 0.15) is 5.75 Å². The van der Waals surface area contributed by atoms with Gasteiger partial charge in [0.15, 0.2) is 6.61 Å². The topological polar surface area (TPSA) is 62.4 Å². The van der Waals surface area contributed by atoms with Crippen molar-refractivity contribution >= 4 is 11.6 Å². The fourth-order valence-corrected chi connectivity index (χ4v) is 2.03. The lowest BCUT2D eigenvalue weighted by atomic mass is 10.1. The van der Waals surface area contributed by atoms with Crippen molar-refractivity contribution < 1.29 is 9.53 Å². The van der Waals surface area contributed by atoms with Crippen molar-refractivity contribution in [2.75, 3.05) is 38.6 Å². The first kappa shape index (κ1) is 13.8. The van der Waals surface area contributed by atoms with Crippen molar-refractivity contribution in [2.24, 2.45) is 0 Å². The van der Waals surface area contributed by atoms with Crippen LogP contribution in [-0.4, -0.2) is 39.2 Å². The average molecular weight is 263 g/mol. The molecule has 0 saturated carbocycles. The van der Waals surface area contributed by atoms with Crippen LogP contribution < -0.4 is 20.7 Å². The molecule has 1 aromatic carbocycles. The average Bonchev–Trinajstić information content (AvgIpc) is 2.42. The van der Waals surface area contributed by atoms with Gasteiger partial charge in [0.05, 0.1) is 5.69 Å². The first-order valence-corrected chi connectivity index (χ1v) is 6.70. The summed E-state index contributed by atoms with van der Waals surface area (Å²) in [5.74, 6) is 0.667. The summed E-state index contributed by atoms with van der Waals surface area (Å²) in [5.41, 5.74) is 1.98. The molecule has 0 radical (unpaired) electrons. The van der Waals surface area contributed by atoms with Gasteiger partial charge in [0.2, 0.25) is 0 Å². The predicted molar refractivity (Wildman–Crippen MR) is 75.7 cm³/mol. The van der Waals surface area contributed by atoms with Crippen LogP contribution in [0, 0.1) is 0 Å². The van der Waals surface area contributed by atoms with E-state index >= 15 is 0 Å². The second kappa shape index (κ2) is 7.11. The Morgan fingerprint density at radius 2 is 2.21 bits per heavy atom. The van der Waals surface area contributed by atoms with Gasteiger partial charge in [-0.15, -0.1) is 0 Å². The van der Waals surface area contributed by atoms with Crippen LogP contribution in [-0.2, 0) is 11.2 Å². The highest BCUT2D eigenvalue weighted by Crippen LogP contribution is 2.28. The summed E-state index contributed by atoms with van der Waals surface area (Å²) in [5, 5.41) is 9.35. The monoisotopic (exact) mass is 263 g/mol. The van der Waals surface area contributed by atoms with Gasteiger partial charge >= 0.3 is 0 Å². The van der Waals surface area contributed by atoms with Crippen molar-refractivity contribution in [1.82, 2.24) is 10.6 Å². The van der Waals surface area contributed by atoms with Crippen LogP contribution in [0.5, 0.6) is 5.75 Å². The number of amides is 1. The quantitative estimate of drug-likeness (QED) is 0.636. The molecular formula is C14H21N3O2. The lowest BCUT2D eigenvalue weighted by molar-refractivity contribution is -0.118. The number of carbonyl (C=O) groups is 1. The number of nitrogens with one attached hydrogen (secondary N) is 3. The summed E-state index contributed by atoms with van der Waals surface area (Å²) in [6.07, 6.45) is 2.08. The normalized spacial score (nSPS) is 13.6. The zero-order valence-corrected chi connectivity index (χ0v) is 11.3. The molecular weight excluding hydrogens is 242 g/mol. The second-order valence-corrected chi connectivity index (χ2v) is 4.62. The van der Waals surface area contributed by atoms with E-state index in [9.17, 15) is 4.79 Å². The number of hydrogen-bond donors (Lipinski definition) is 3. The molecule has 1 aliphatic rings.